The molecule has 0 saturated heterocycles. The summed E-state index contributed by atoms with van der Waals surface area (Å²) in [6.07, 6.45) is 5.72. The van der Waals surface area contributed by atoms with Crippen molar-refractivity contribution in [3.8, 4) is 5.75 Å². The molecule has 4 nitrogen and oxygen atoms in total. The van der Waals surface area contributed by atoms with Crippen LogP contribution in [-0.2, 0) is 13.5 Å². The van der Waals surface area contributed by atoms with Crippen LogP contribution in [0.15, 0.2) is 30.6 Å². The van der Waals surface area contributed by atoms with Gasteiger partial charge in [0.2, 0.25) is 0 Å². The summed E-state index contributed by atoms with van der Waals surface area (Å²) in [5.74, 6) is 0.874. The van der Waals surface area contributed by atoms with Crippen LogP contribution in [0.4, 0.5) is 0 Å². The monoisotopic (exact) mass is 259 g/mol. The van der Waals surface area contributed by atoms with E-state index in [9.17, 15) is 0 Å². The number of rotatable bonds is 5. The molecule has 0 spiro atoms. The highest BCUT2D eigenvalue weighted by Gasteiger charge is 2.12. The van der Waals surface area contributed by atoms with Crippen LogP contribution < -0.4 is 10.5 Å². The Morgan fingerprint density at radius 2 is 2.21 bits per heavy atom. The van der Waals surface area contributed by atoms with Gasteiger partial charge in [-0.2, -0.15) is 5.10 Å². The third-order valence-corrected chi connectivity index (χ3v) is 3.29. The minimum absolute atomic E-state index is 0.0178. The molecule has 0 bridgehead atoms. The van der Waals surface area contributed by atoms with E-state index in [2.05, 4.69) is 17.2 Å². The van der Waals surface area contributed by atoms with Gasteiger partial charge >= 0.3 is 0 Å². The normalized spacial score (nSPS) is 12.4. The Kier molecular flexibility index (Phi) is 4.22. The zero-order valence-electron chi connectivity index (χ0n) is 11.8. The molecule has 0 fully saturated rings. The summed E-state index contributed by atoms with van der Waals surface area (Å²) in [6.45, 7) is 2.05. The zero-order chi connectivity index (χ0) is 13.8. The average molecular weight is 259 g/mol. The van der Waals surface area contributed by atoms with E-state index in [1.54, 1.807) is 7.11 Å². The van der Waals surface area contributed by atoms with Gasteiger partial charge in [0.25, 0.3) is 0 Å². The smallest absolute Gasteiger partial charge is 0.123 e. The number of ether oxygens (including phenoxy) is 1. The van der Waals surface area contributed by atoms with Crippen molar-refractivity contribution in [1.82, 2.24) is 9.78 Å². The summed E-state index contributed by atoms with van der Waals surface area (Å²) in [6, 6.07) is 6.14. The van der Waals surface area contributed by atoms with Gasteiger partial charge in [-0.25, -0.2) is 0 Å². The van der Waals surface area contributed by atoms with Crippen molar-refractivity contribution < 1.29 is 4.74 Å². The summed E-state index contributed by atoms with van der Waals surface area (Å²) < 4.78 is 7.22. The number of hydrogen-bond acceptors (Lipinski definition) is 3. The lowest BCUT2D eigenvalue weighted by atomic mass is 9.99. The summed E-state index contributed by atoms with van der Waals surface area (Å²) >= 11 is 0. The molecule has 1 unspecified atom stereocenters. The molecule has 1 aromatic heterocycles. The molecule has 2 aromatic rings. The molecule has 1 atom stereocenters. The van der Waals surface area contributed by atoms with E-state index in [1.165, 1.54) is 11.1 Å². The fourth-order valence-electron chi connectivity index (χ4n) is 2.20. The Morgan fingerprint density at radius 1 is 1.42 bits per heavy atom. The van der Waals surface area contributed by atoms with E-state index in [0.29, 0.717) is 0 Å². The van der Waals surface area contributed by atoms with Gasteiger partial charge < -0.3 is 10.5 Å². The third kappa shape index (κ3) is 3.35. The number of aromatic nitrogens is 2. The highest BCUT2D eigenvalue weighted by Crippen LogP contribution is 2.27. The maximum absolute atomic E-state index is 6.27. The molecule has 19 heavy (non-hydrogen) atoms. The first-order valence-electron chi connectivity index (χ1n) is 6.48. The van der Waals surface area contributed by atoms with Crippen LogP contribution in [0.2, 0.25) is 0 Å². The molecule has 1 aromatic carbocycles. The van der Waals surface area contributed by atoms with Gasteiger partial charge in [-0.15, -0.1) is 0 Å². The fraction of sp³-hybridized carbons (Fsp3) is 0.400. The molecular formula is C15H21N3O. The minimum Gasteiger partial charge on any atom is -0.496 e. The predicted molar refractivity (Wildman–Crippen MR) is 76.2 cm³/mol. The van der Waals surface area contributed by atoms with Crippen molar-refractivity contribution >= 4 is 0 Å². The molecule has 0 radical (unpaired) electrons. The van der Waals surface area contributed by atoms with Gasteiger partial charge in [-0.3, -0.25) is 4.68 Å². The standard InChI is InChI=1S/C15H21N3O/c1-11-4-6-13(15(8-11)19-3)14(16)7-5-12-9-17-18(2)10-12/h4,6,8-10,14H,5,7,16H2,1-3H3. The second-order valence-corrected chi connectivity index (χ2v) is 4.91. The van der Waals surface area contributed by atoms with Crippen LogP contribution in [0.25, 0.3) is 0 Å². The Morgan fingerprint density at radius 3 is 2.84 bits per heavy atom. The molecule has 1 heterocycles. The average Bonchev–Trinajstić information content (AvgIpc) is 2.81. The van der Waals surface area contributed by atoms with Crippen LogP contribution >= 0.6 is 0 Å². The minimum atomic E-state index is -0.0178. The summed E-state index contributed by atoms with van der Waals surface area (Å²) in [7, 11) is 3.61. The Hall–Kier alpha value is -1.81. The molecule has 4 heteroatoms. The lowest BCUT2D eigenvalue weighted by Crippen LogP contribution is -2.12. The van der Waals surface area contributed by atoms with E-state index in [1.807, 2.05) is 37.1 Å². The van der Waals surface area contributed by atoms with E-state index in [0.717, 1.165) is 24.2 Å². The first kappa shape index (κ1) is 13.6. The number of nitrogens with two attached hydrogens (primary N) is 1. The van der Waals surface area contributed by atoms with Gasteiger partial charge in [0.15, 0.2) is 0 Å². The number of methoxy groups -OCH3 is 1. The molecule has 2 rings (SSSR count). The largest absolute Gasteiger partial charge is 0.496 e. The van der Waals surface area contributed by atoms with Crippen LogP contribution in [-0.4, -0.2) is 16.9 Å². The Labute approximate surface area is 114 Å². The van der Waals surface area contributed by atoms with E-state index < -0.39 is 0 Å². The van der Waals surface area contributed by atoms with Crippen molar-refractivity contribution in [1.29, 1.82) is 0 Å². The topological polar surface area (TPSA) is 53.1 Å². The molecule has 0 aliphatic heterocycles. The molecule has 2 N–H and O–H groups in total. The van der Waals surface area contributed by atoms with Gasteiger partial charge in [0.05, 0.1) is 13.3 Å². The van der Waals surface area contributed by atoms with Crippen molar-refractivity contribution in [3.05, 3.63) is 47.3 Å². The lowest BCUT2D eigenvalue weighted by molar-refractivity contribution is 0.404. The highest BCUT2D eigenvalue weighted by molar-refractivity contribution is 5.39. The van der Waals surface area contributed by atoms with Crippen molar-refractivity contribution in [2.24, 2.45) is 12.8 Å². The third-order valence-electron chi connectivity index (χ3n) is 3.29. The maximum Gasteiger partial charge on any atom is 0.123 e. The van der Waals surface area contributed by atoms with Crippen molar-refractivity contribution in [2.75, 3.05) is 7.11 Å². The quantitative estimate of drug-likeness (QED) is 0.897. The van der Waals surface area contributed by atoms with Crippen LogP contribution in [0.3, 0.4) is 0 Å². The predicted octanol–water partition coefficient (Wildman–Crippen LogP) is 2.37. The number of nitrogens with zero attached hydrogens (tertiary/aromatic N) is 2. The molecule has 0 aliphatic carbocycles. The summed E-state index contributed by atoms with van der Waals surface area (Å²) in [5.41, 5.74) is 9.73. The highest BCUT2D eigenvalue weighted by atomic mass is 16.5. The van der Waals surface area contributed by atoms with Gasteiger partial charge in [0.1, 0.15) is 5.75 Å². The molecular weight excluding hydrogens is 238 g/mol. The van der Waals surface area contributed by atoms with Crippen molar-refractivity contribution in [2.45, 2.75) is 25.8 Å². The SMILES string of the molecule is COc1cc(C)ccc1C(N)CCc1cnn(C)c1. The van der Waals surface area contributed by atoms with Gasteiger partial charge in [-0.1, -0.05) is 12.1 Å². The van der Waals surface area contributed by atoms with E-state index in [4.69, 9.17) is 10.5 Å². The molecule has 102 valence electrons. The summed E-state index contributed by atoms with van der Waals surface area (Å²) in [4.78, 5) is 0. The second-order valence-electron chi connectivity index (χ2n) is 4.91. The first-order valence-corrected chi connectivity index (χ1v) is 6.48. The van der Waals surface area contributed by atoms with Crippen LogP contribution in [0.1, 0.15) is 29.2 Å². The van der Waals surface area contributed by atoms with Crippen LogP contribution in [0, 0.1) is 6.92 Å². The van der Waals surface area contributed by atoms with Gasteiger partial charge in [0, 0.05) is 24.8 Å². The van der Waals surface area contributed by atoms with Crippen LogP contribution in [0.5, 0.6) is 5.75 Å². The number of hydrogen-bond donors (Lipinski definition) is 1. The van der Waals surface area contributed by atoms with E-state index >= 15 is 0 Å². The molecule has 0 amide bonds. The van der Waals surface area contributed by atoms with Crippen molar-refractivity contribution in [3.63, 3.8) is 0 Å². The lowest BCUT2D eigenvalue weighted by Gasteiger charge is -2.16. The zero-order valence-corrected chi connectivity index (χ0v) is 11.8. The number of aryl methyl sites for hydroxylation is 3. The summed E-state index contributed by atoms with van der Waals surface area (Å²) in [5, 5.41) is 4.16. The molecule has 0 aliphatic rings. The van der Waals surface area contributed by atoms with Gasteiger partial charge in [-0.05, 0) is 37.0 Å². The number of benzene rings is 1. The Bertz CT molecular complexity index is 548. The second kappa shape index (κ2) is 5.89. The maximum atomic E-state index is 6.27. The first-order chi connectivity index (χ1) is 9.10. The molecule has 0 saturated carbocycles. The Balaban J connectivity index is 2.05. The fourth-order valence-corrected chi connectivity index (χ4v) is 2.20. The van der Waals surface area contributed by atoms with E-state index in [-0.39, 0.29) is 6.04 Å².